The zero-order chi connectivity index (χ0) is 15.9. The molecule has 1 aliphatic carbocycles. The number of rotatable bonds is 10. The maximum absolute atomic E-state index is 11.8. The highest BCUT2D eigenvalue weighted by molar-refractivity contribution is 5.83. The van der Waals surface area contributed by atoms with Gasteiger partial charge in [0.25, 0.3) is 0 Å². The van der Waals surface area contributed by atoms with Crippen molar-refractivity contribution >= 4 is 11.9 Å². The zero-order valence-electron chi connectivity index (χ0n) is 12.9. The fourth-order valence-electron chi connectivity index (χ4n) is 2.29. The van der Waals surface area contributed by atoms with Crippen molar-refractivity contribution in [1.29, 1.82) is 0 Å². The predicted molar refractivity (Wildman–Crippen MR) is 78.1 cm³/mol. The number of carbonyl (C=O) groups excluding carboxylic acids is 1. The van der Waals surface area contributed by atoms with Crippen LogP contribution in [0.3, 0.4) is 0 Å². The van der Waals surface area contributed by atoms with Gasteiger partial charge in [-0.3, -0.25) is 4.79 Å². The molecule has 1 atom stereocenters. The van der Waals surface area contributed by atoms with Crippen molar-refractivity contribution in [2.24, 2.45) is 5.92 Å². The van der Waals surface area contributed by atoms with Gasteiger partial charge in [0, 0.05) is 19.3 Å². The summed E-state index contributed by atoms with van der Waals surface area (Å²) in [7, 11) is 0. The lowest BCUT2D eigenvalue weighted by atomic mass is 10.1. The Morgan fingerprint density at radius 2 is 2.18 bits per heavy atom. The quantitative estimate of drug-likeness (QED) is 0.681. The largest absolute Gasteiger partial charge is 0.480 e. The van der Waals surface area contributed by atoms with Crippen LogP contribution in [0, 0.1) is 5.92 Å². The lowest BCUT2D eigenvalue weighted by Crippen LogP contribution is -2.41. The van der Waals surface area contributed by atoms with Crippen LogP contribution in [0.2, 0.25) is 0 Å². The van der Waals surface area contributed by atoms with E-state index in [4.69, 9.17) is 9.63 Å². The summed E-state index contributed by atoms with van der Waals surface area (Å²) in [5.74, 6) is 0.487. The molecule has 1 fully saturated rings. The van der Waals surface area contributed by atoms with Crippen LogP contribution in [0.1, 0.15) is 57.2 Å². The molecular weight excluding hydrogens is 286 g/mol. The molecule has 1 heterocycles. The number of carboxylic acid groups (broad SMARTS) is 1. The average molecular weight is 309 g/mol. The second kappa shape index (κ2) is 7.91. The van der Waals surface area contributed by atoms with Gasteiger partial charge in [-0.15, -0.1) is 0 Å². The summed E-state index contributed by atoms with van der Waals surface area (Å²) in [4.78, 5) is 27.2. The summed E-state index contributed by atoms with van der Waals surface area (Å²) in [6, 6.07) is -0.764. The van der Waals surface area contributed by atoms with E-state index in [0.717, 1.165) is 25.7 Å². The van der Waals surface area contributed by atoms with E-state index in [1.807, 2.05) is 6.92 Å². The SMILES string of the molecule is CCCc1noc(CCCC(=O)NC(CC2CC2)C(=O)O)n1. The number of amides is 1. The first-order chi connectivity index (χ1) is 10.6. The highest BCUT2D eigenvalue weighted by atomic mass is 16.5. The van der Waals surface area contributed by atoms with Gasteiger partial charge in [-0.1, -0.05) is 24.9 Å². The molecule has 0 radical (unpaired) electrons. The summed E-state index contributed by atoms with van der Waals surface area (Å²) in [5.41, 5.74) is 0. The van der Waals surface area contributed by atoms with Crippen molar-refractivity contribution in [2.45, 2.75) is 64.3 Å². The third kappa shape index (κ3) is 5.46. The molecule has 0 saturated heterocycles. The van der Waals surface area contributed by atoms with E-state index >= 15 is 0 Å². The van der Waals surface area contributed by atoms with Crippen LogP contribution in [0.5, 0.6) is 0 Å². The molecule has 0 aromatic carbocycles. The third-order valence-electron chi connectivity index (χ3n) is 3.68. The normalized spacial score (nSPS) is 15.5. The summed E-state index contributed by atoms with van der Waals surface area (Å²) in [6.45, 7) is 2.04. The lowest BCUT2D eigenvalue weighted by Gasteiger charge is -2.13. The van der Waals surface area contributed by atoms with Crippen molar-refractivity contribution in [3.05, 3.63) is 11.7 Å². The standard InChI is InChI=1S/C15H23N3O4/c1-2-4-12-17-14(22-18-12)6-3-5-13(19)16-11(15(20)21)9-10-7-8-10/h10-11H,2-9H2,1H3,(H,16,19)(H,20,21). The van der Waals surface area contributed by atoms with Crippen molar-refractivity contribution in [1.82, 2.24) is 15.5 Å². The minimum atomic E-state index is -0.957. The number of hydrogen-bond donors (Lipinski definition) is 2. The molecule has 1 unspecified atom stereocenters. The van der Waals surface area contributed by atoms with Crippen LogP contribution >= 0.6 is 0 Å². The Kier molecular flexibility index (Phi) is 5.91. The summed E-state index contributed by atoms with van der Waals surface area (Å²) in [5, 5.41) is 15.6. The van der Waals surface area contributed by atoms with Crippen LogP contribution in [-0.4, -0.2) is 33.2 Å². The molecule has 2 rings (SSSR count). The Hall–Kier alpha value is -1.92. The third-order valence-corrected chi connectivity index (χ3v) is 3.68. The van der Waals surface area contributed by atoms with E-state index in [0.29, 0.717) is 36.9 Å². The molecule has 122 valence electrons. The first-order valence-electron chi connectivity index (χ1n) is 7.92. The molecule has 7 heteroatoms. The van der Waals surface area contributed by atoms with Crippen molar-refractivity contribution in [3.8, 4) is 0 Å². The fourth-order valence-corrected chi connectivity index (χ4v) is 2.29. The highest BCUT2D eigenvalue weighted by Gasteiger charge is 2.30. The number of carbonyl (C=O) groups is 2. The molecule has 1 aliphatic rings. The van der Waals surface area contributed by atoms with E-state index in [1.165, 1.54) is 0 Å². The minimum absolute atomic E-state index is 0.235. The van der Waals surface area contributed by atoms with E-state index in [-0.39, 0.29) is 12.3 Å². The summed E-state index contributed by atoms with van der Waals surface area (Å²) < 4.78 is 5.09. The van der Waals surface area contributed by atoms with Gasteiger partial charge in [-0.25, -0.2) is 4.79 Å². The Balaban J connectivity index is 1.68. The van der Waals surface area contributed by atoms with Crippen LogP contribution in [0.25, 0.3) is 0 Å². The number of aromatic nitrogens is 2. The van der Waals surface area contributed by atoms with Gasteiger partial charge in [0.2, 0.25) is 11.8 Å². The van der Waals surface area contributed by atoms with Crippen LogP contribution in [0.4, 0.5) is 0 Å². The van der Waals surface area contributed by atoms with Crippen molar-refractivity contribution in [2.75, 3.05) is 0 Å². The maximum atomic E-state index is 11.8. The Morgan fingerprint density at radius 3 is 2.82 bits per heavy atom. The van der Waals surface area contributed by atoms with Gasteiger partial charge in [0.05, 0.1) is 0 Å². The first kappa shape index (κ1) is 16.5. The second-order valence-corrected chi connectivity index (χ2v) is 5.85. The first-order valence-corrected chi connectivity index (χ1v) is 7.92. The van der Waals surface area contributed by atoms with Gasteiger partial charge in [0.15, 0.2) is 5.82 Å². The lowest BCUT2D eigenvalue weighted by molar-refractivity contribution is -0.142. The van der Waals surface area contributed by atoms with Gasteiger partial charge in [0.1, 0.15) is 6.04 Å². The Morgan fingerprint density at radius 1 is 1.41 bits per heavy atom. The van der Waals surface area contributed by atoms with Gasteiger partial charge < -0.3 is 14.9 Å². The molecule has 1 amide bonds. The van der Waals surface area contributed by atoms with E-state index in [2.05, 4.69) is 15.5 Å². The second-order valence-electron chi connectivity index (χ2n) is 5.85. The topological polar surface area (TPSA) is 105 Å². The molecule has 1 saturated carbocycles. The molecule has 0 aliphatic heterocycles. The predicted octanol–water partition coefficient (Wildman–Crippen LogP) is 1.71. The monoisotopic (exact) mass is 309 g/mol. The zero-order valence-corrected chi connectivity index (χ0v) is 12.9. The Bertz CT molecular complexity index is 511. The van der Waals surface area contributed by atoms with Crippen molar-refractivity contribution in [3.63, 3.8) is 0 Å². The van der Waals surface area contributed by atoms with Gasteiger partial charge >= 0.3 is 5.97 Å². The number of nitrogens with zero attached hydrogens (tertiary/aromatic N) is 2. The Labute approximate surface area is 129 Å². The molecule has 7 nitrogen and oxygen atoms in total. The molecule has 1 aromatic rings. The molecule has 0 spiro atoms. The minimum Gasteiger partial charge on any atom is -0.480 e. The van der Waals surface area contributed by atoms with E-state index in [1.54, 1.807) is 0 Å². The maximum Gasteiger partial charge on any atom is 0.326 e. The molecule has 22 heavy (non-hydrogen) atoms. The summed E-state index contributed by atoms with van der Waals surface area (Å²) >= 11 is 0. The number of aryl methyl sites for hydroxylation is 2. The molecule has 2 N–H and O–H groups in total. The number of nitrogens with one attached hydrogen (secondary N) is 1. The number of aliphatic carboxylic acids is 1. The average Bonchev–Trinajstić information content (AvgIpc) is 3.17. The molecule has 1 aromatic heterocycles. The summed E-state index contributed by atoms with van der Waals surface area (Å²) in [6.07, 6.45) is 5.77. The van der Waals surface area contributed by atoms with Crippen LogP contribution in [-0.2, 0) is 22.4 Å². The number of hydrogen-bond acceptors (Lipinski definition) is 5. The van der Waals surface area contributed by atoms with E-state index < -0.39 is 12.0 Å². The van der Waals surface area contributed by atoms with Gasteiger partial charge in [-0.05, 0) is 25.2 Å². The number of carboxylic acids is 1. The van der Waals surface area contributed by atoms with Crippen molar-refractivity contribution < 1.29 is 19.2 Å². The smallest absolute Gasteiger partial charge is 0.326 e. The molecule has 0 bridgehead atoms. The van der Waals surface area contributed by atoms with E-state index in [9.17, 15) is 9.59 Å². The van der Waals surface area contributed by atoms with Crippen LogP contribution < -0.4 is 5.32 Å². The van der Waals surface area contributed by atoms with Crippen LogP contribution in [0.15, 0.2) is 4.52 Å². The molecular formula is C15H23N3O4. The highest BCUT2D eigenvalue weighted by Crippen LogP contribution is 2.33. The fraction of sp³-hybridized carbons (Fsp3) is 0.733. The van der Waals surface area contributed by atoms with Gasteiger partial charge in [-0.2, -0.15) is 4.98 Å².